The summed E-state index contributed by atoms with van der Waals surface area (Å²) in [5, 5.41) is 6.75. The molecule has 0 spiro atoms. The molecule has 156 valence electrons. The molecule has 1 aromatic heterocycles. The van der Waals surface area contributed by atoms with Crippen LogP contribution in [0.25, 0.3) is 0 Å². The van der Waals surface area contributed by atoms with Gasteiger partial charge in [-0.3, -0.25) is 4.79 Å². The third-order valence-corrected chi connectivity index (χ3v) is 7.79. The van der Waals surface area contributed by atoms with Crippen LogP contribution in [-0.2, 0) is 0 Å². The summed E-state index contributed by atoms with van der Waals surface area (Å²) in [6.07, 6.45) is 6.09. The Kier molecular flexibility index (Phi) is 5.78. The van der Waals surface area contributed by atoms with Crippen molar-refractivity contribution in [2.75, 3.05) is 0 Å². The topological polar surface area (TPSA) is 67.1 Å². The van der Waals surface area contributed by atoms with Crippen molar-refractivity contribution in [3.8, 4) is 0 Å². The van der Waals surface area contributed by atoms with Crippen molar-refractivity contribution in [2.24, 2.45) is 5.73 Å². The van der Waals surface area contributed by atoms with E-state index in [1.165, 1.54) is 4.88 Å². The minimum absolute atomic E-state index is 0.110. The van der Waals surface area contributed by atoms with E-state index in [9.17, 15) is 13.6 Å². The van der Waals surface area contributed by atoms with Gasteiger partial charge in [-0.2, -0.15) is 0 Å². The first-order valence-electron chi connectivity index (χ1n) is 10.6. The summed E-state index contributed by atoms with van der Waals surface area (Å²) in [4.78, 5) is 14.9. The first-order valence-corrected chi connectivity index (χ1v) is 11.4. The predicted molar refractivity (Wildman–Crippen MR) is 108 cm³/mol. The monoisotopic (exact) mass is 411 g/mol. The van der Waals surface area contributed by atoms with Gasteiger partial charge in [-0.25, -0.2) is 8.78 Å². The fourth-order valence-corrected chi connectivity index (χ4v) is 5.85. The Morgan fingerprint density at radius 2 is 1.82 bits per heavy atom. The SMILES string of the molecule is Cc1sc(C2CC2NC2CCC(N)CC2)cc1C(=O)NC1CCC(F)(F)CC1. The molecule has 1 aromatic rings. The summed E-state index contributed by atoms with van der Waals surface area (Å²) in [7, 11) is 0. The van der Waals surface area contributed by atoms with Gasteiger partial charge in [-0.1, -0.05) is 0 Å². The van der Waals surface area contributed by atoms with Crippen LogP contribution in [0.3, 0.4) is 0 Å². The number of halogens is 2. The molecular weight excluding hydrogens is 380 g/mol. The molecule has 0 radical (unpaired) electrons. The molecule has 4 rings (SSSR count). The van der Waals surface area contributed by atoms with E-state index in [2.05, 4.69) is 10.6 Å². The number of nitrogens with one attached hydrogen (secondary N) is 2. The van der Waals surface area contributed by atoms with Crippen molar-refractivity contribution in [3.63, 3.8) is 0 Å². The van der Waals surface area contributed by atoms with Crippen LogP contribution in [0.15, 0.2) is 6.07 Å². The fraction of sp³-hybridized carbons (Fsp3) is 0.762. The third-order valence-electron chi connectivity index (χ3n) is 6.61. The minimum Gasteiger partial charge on any atom is -0.349 e. The molecule has 2 unspecified atom stereocenters. The Labute approximate surface area is 169 Å². The second-order valence-corrected chi connectivity index (χ2v) is 10.2. The number of thiophene rings is 1. The summed E-state index contributed by atoms with van der Waals surface area (Å²) in [6.45, 7) is 1.98. The van der Waals surface area contributed by atoms with Gasteiger partial charge in [0, 0.05) is 52.7 Å². The highest BCUT2D eigenvalue weighted by Gasteiger charge is 2.41. The molecule has 7 heteroatoms. The molecule has 3 fully saturated rings. The summed E-state index contributed by atoms with van der Waals surface area (Å²) < 4.78 is 26.6. The summed E-state index contributed by atoms with van der Waals surface area (Å²) >= 11 is 1.70. The van der Waals surface area contributed by atoms with Gasteiger partial charge in [-0.15, -0.1) is 11.3 Å². The number of rotatable bonds is 5. The summed E-state index contributed by atoms with van der Waals surface area (Å²) in [6, 6.07) is 3.33. The molecule has 0 aliphatic heterocycles. The number of hydrogen-bond acceptors (Lipinski definition) is 4. The number of aryl methyl sites for hydroxylation is 1. The van der Waals surface area contributed by atoms with E-state index in [-0.39, 0.29) is 24.8 Å². The maximum absolute atomic E-state index is 13.3. The van der Waals surface area contributed by atoms with Crippen molar-refractivity contribution in [2.45, 2.75) is 101 Å². The van der Waals surface area contributed by atoms with Crippen LogP contribution in [0.5, 0.6) is 0 Å². The van der Waals surface area contributed by atoms with E-state index >= 15 is 0 Å². The van der Waals surface area contributed by atoms with Crippen LogP contribution in [0, 0.1) is 6.92 Å². The van der Waals surface area contributed by atoms with Gasteiger partial charge >= 0.3 is 0 Å². The Morgan fingerprint density at radius 1 is 1.14 bits per heavy atom. The molecule has 3 aliphatic rings. The molecule has 3 aliphatic carbocycles. The summed E-state index contributed by atoms with van der Waals surface area (Å²) in [5.41, 5.74) is 6.70. The Bertz CT molecular complexity index is 705. The van der Waals surface area contributed by atoms with Crippen LogP contribution in [0.1, 0.15) is 83.8 Å². The number of nitrogens with two attached hydrogens (primary N) is 1. The number of hydrogen-bond donors (Lipinski definition) is 3. The normalized spacial score (nSPS) is 32.9. The largest absolute Gasteiger partial charge is 0.349 e. The smallest absolute Gasteiger partial charge is 0.252 e. The number of carbonyl (C=O) groups excluding carboxylic acids is 1. The van der Waals surface area contributed by atoms with Crippen LogP contribution in [0.2, 0.25) is 0 Å². The van der Waals surface area contributed by atoms with Gasteiger partial charge in [-0.05, 0) is 57.9 Å². The van der Waals surface area contributed by atoms with E-state index < -0.39 is 5.92 Å². The maximum atomic E-state index is 13.3. The van der Waals surface area contributed by atoms with E-state index in [4.69, 9.17) is 5.73 Å². The third kappa shape index (κ3) is 4.74. The number of alkyl halides is 2. The second kappa shape index (κ2) is 8.00. The lowest BCUT2D eigenvalue weighted by Crippen LogP contribution is -2.40. The van der Waals surface area contributed by atoms with Gasteiger partial charge < -0.3 is 16.4 Å². The molecule has 1 heterocycles. The zero-order chi connectivity index (χ0) is 19.9. The Hall–Kier alpha value is -1.05. The molecule has 2 atom stereocenters. The number of amides is 1. The Balaban J connectivity index is 1.30. The summed E-state index contributed by atoms with van der Waals surface area (Å²) in [5.74, 6) is -2.18. The van der Waals surface area contributed by atoms with Crippen molar-refractivity contribution in [3.05, 3.63) is 21.4 Å². The van der Waals surface area contributed by atoms with Gasteiger partial charge in [0.2, 0.25) is 5.92 Å². The second-order valence-electron chi connectivity index (χ2n) is 8.95. The quantitative estimate of drug-likeness (QED) is 0.684. The highest BCUT2D eigenvalue weighted by atomic mass is 32.1. The van der Waals surface area contributed by atoms with Crippen LogP contribution in [0.4, 0.5) is 8.78 Å². The van der Waals surface area contributed by atoms with Crippen molar-refractivity contribution >= 4 is 17.2 Å². The van der Waals surface area contributed by atoms with Gasteiger partial charge in [0.25, 0.3) is 5.91 Å². The lowest BCUT2D eigenvalue weighted by molar-refractivity contribution is -0.0399. The van der Waals surface area contributed by atoms with Crippen LogP contribution in [-0.4, -0.2) is 36.0 Å². The minimum atomic E-state index is -2.57. The highest BCUT2D eigenvalue weighted by Crippen LogP contribution is 2.45. The lowest BCUT2D eigenvalue weighted by Gasteiger charge is -2.28. The zero-order valence-corrected chi connectivity index (χ0v) is 17.3. The van der Waals surface area contributed by atoms with E-state index in [1.54, 1.807) is 11.3 Å². The molecule has 0 aromatic carbocycles. The number of carbonyl (C=O) groups is 1. The Morgan fingerprint density at radius 3 is 2.50 bits per heavy atom. The molecule has 3 saturated carbocycles. The lowest BCUT2D eigenvalue weighted by atomic mass is 9.92. The standard InChI is InChI=1S/C21H31F2N3OS/c1-12-16(20(27)26-15-6-8-21(22,23)9-7-15)11-19(28-12)17-10-18(17)25-14-4-2-13(24)3-5-14/h11,13-15,17-18,25H,2-10,24H2,1H3,(H,26,27). The van der Waals surface area contributed by atoms with Crippen LogP contribution >= 0.6 is 11.3 Å². The van der Waals surface area contributed by atoms with E-state index in [0.717, 1.165) is 37.0 Å². The first kappa shape index (κ1) is 20.2. The first-order chi connectivity index (χ1) is 13.3. The molecule has 28 heavy (non-hydrogen) atoms. The molecule has 1 amide bonds. The highest BCUT2D eigenvalue weighted by molar-refractivity contribution is 7.12. The fourth-order valence-electron chi connectivity index (χ4n) is 4.64. The predicted octanol–water partition coefficient (Wildman–Crippen LogP) is 4.08. The van der Waals surface area contributed by atoms with Gasteiger partial charge in [0.15, 0.2) is 0 Å². The maximum Gasteiger partial charge on any atom is 0.252 e. The van der Waals surface area contributed by atoms with E-state index in [0.29, 0.717) is 42.4 Å². The van der Waals surface area contributed by atoms with E-state index in [1.807, 2.05) is 13.0 Å². The molecule has 0 saturated heterocycles. The molecular formula is C21H31F2N3OS. The molecule has 0 bridgehead atoms. The average Bonchev–Trinajstić information content (AvgIpc) is 3.30. The zero-order valence-electron chi connectivity index (χ0n) is 16.5. The van der Waals surface area contributed by atoms with Crippen molar-refractivity contribution in [1.29, 1.82) is 0 Å². The van der Waals surface area contributed by atoms with Crippen LogP contribution < -0.4 is 16.4 Å². The van der Waals surface area contributed by atoms with Crippen molar-refractivity contribution in [1.82, 2.24) is 10.6 Å². The van der Waals surface area contributed by atoms with Crippen molar-refractivity contribution < 1.29 is 13.6 Å². The molecule has 4 nitrogen and oxygen atoms in total. The average molecular weight is 412 g/mol. The van der Waals surface area contributed by atoms with Gasteiger partial charge in [0.05, 0.1) is 5.56 Å². The van der Waals surface area contributed by atoms with Gasteiger partial charge in [0.1, 0.15) is 0 Å². The molecule has 4 N–H and O–H groups in total.